The minimum atomic E-state index is -0.598. The van der Waals surface area contributed by atoms with Crippen LogP contribution in [0, 0.1) is 0 Å². The summed E-state index contributed by atoms with van der Waals surface area (Å²) in [6, 6.07) is 6.69. The lowest BCUT2D eigenvalue weighted by Gasteiger charge is -2.30. The van der Waals surface area contributed by atoms with Crippen molar-refractivity contribution < 1.29 is 19.1 Å². The predicted molar refractivity (Wildman–Crippen MR) is 96.5 cm³/mol. The molecule has 1 aromatic carbocycles. The number of anilines is 1. The van der Waals surface area contributed by atoms with E-state index < -0.39 is 23.5 Å². The largest absolute Gasteiger partial charge is 0.444 e. The normalized spacial score (nSPS) is 16.4. The van der Waals surface area contributed by atoms with Crippen LogP contribution < -0.4 is 4.90 Å². The van der Waals surface area contributed by atoms with Crippen LogP contribution >= 0.6 is 0 Å². The lowest BCUT2D eigenvalue weighted by atomic mass is 10.1. The smallest absolute Gasteiger partial charge is 0.410 e. The number of nitrogens with one attached hydrogen (secondary N) is 1. The van der Waals surface area contributed by atoms with Gasteiger partial charge in [-0.3, -0.25) is 14.7 Å². The summed E-state index contributed by atoms with van der Waals surface area (Å²) in [6.07, 6.45) is 0.118. The molecule has 2 aliphatic rings. The molecule has 1 aromatic heterocycles. The molecule has 4 rings (SSSR count). The fourth-order valence-corrected chi connectivity index (χ4v) is 3.33. The van der Waals surface area contributed by atoms with E-state index in [2.05, 4.69) is 10.2 Å². The molecule has 0 saturated heterocycles. The second kappa shape index (κ2) is 5.94. The first-order valence-corrected chi connectivity index (χ1v) is 8.78. The van der Waals surface area contributed by atoms with Gasteiger partial charge in [-0.25, -0.2) is 9.69 Å². The van der Waals surface area contributed by atoms with Gasteiger partial charge in [-0.1, -0.05) is 12.1 Å². The lowest BCUT2D eigenvalue weighted by Crippen LogP contribution is -2.40. The van der Waals surface area contributed by atoms with Crippen LogP contribution in [0.4, 0.5) is 10.6 Å². The van der Waals surface area contributed by atoms with Gasteiger partial charge in [0.25, 0.3) is 11.8 Å². The molecule has 3 amide bonds. The molecule has 0 fully saturated rings. The molecule has 0 atom stereocenters. The van der Waals surface area contributed by atoms with Crippen molar-refractivity contribution in [3.8, 4) is 0 Å². The monoisotopic (exact) mass is 368 g/mol. The predicted octanol–water partition coefficient (Wildman–Crippen LogP) is 2.50. The Bertz CT molecular complexity index is 922. The Morgan fingerprint density at radius 1 is 1.15 bits per heavy atom. The molecule has 2 aromatic rings. The number of fused-ring (bicyclic) bond motifs is 2. The average molecular weight is 368 g/mol. The van der Waals surface area contributed by atoms with Gasteiger partial charge in [-0.2, -0.15) is 5.10 Å². The number of hydrogen-bond donors (Lipinski definition) is 1. The summed E-state index contributed by atoms with van der Waals surface area (Å²) in [4.78, 5) is 40.5. The molecule has 3 heterocycles. The molecular formula is C19H20N4O4. The molecule has 0 aliphatic carbocycles. The van der Waals surface area contributed by atoms with Crippen molar-refractivity contribution >= 4 is 23.7 Å². The van der Waals surface area contributed by atoms with Crippen LogP contribution in [0.1, 0.15) is 52.7 Å². The maximum absolute atomic E-state index is 12.7. The maximum atomic E-state index is 12.7. The molecule has 0 unspecified atom stereocenters. The van der Waals surface area contributed by atoms with Gasteiger partial charge in [0, 0.05) is 24.2 Å². The summed E-state index contributed by atoms with van der Waals surface area (Å²) in [7, 11) is 0. The van der Waals surface area contributed by atoms with Crippen molar-refractivity contribution in [1.82, 2.24) is 15.1 Å². The topological polar surface area (TPSA) is 95.6 Å². The maximum Gasteiger partial charge on any atom is 0.410 e. The SMILES string of the molecule is CC(C)(C)OC(=O)N1CCc2[nH]nc(N3C(=O)c4ccccc4C3=O)c2C1. The molecule has 27 heavy (non-hydrogen) atoms. The van der Waals surface area contributed by atoms with Gasteiger partial charge in [0.1, 0.15) is 5.60 Å². The number of ether oxygens (including phenoxy) is 1. The molecule has 0 bridgehead atoms. The number of H-pyrrole nitrogens is 1. The number of aromatic amines is 1. The summed E-state index contributed by atoms with van der Waals surface area (Å²) in [5.74, 6) is -0.553. The summed E-state index contributed by atoms with van der Waals surface area (Å²) in [6.45, 7) is 6.13. The third kappa shape index (κ3) is 2.87. The highest BCUT2D eigenvalue weighted by Crippen LogP contribution is 2.33. The van der Waals surface area contributed by atoms with Crippen LogP contribution in [0.15, 0.2) is 24.3 Å². The van der Waals surface area contributed by atoms with Crippen molar-refractivity contribution in [2.75, 3.05) is 11.4 Å². The van der Waals surface area contributed by atoms with E-state index >= 15 is 0 Å². The fraction of sp³-hybridized carbons (Fsp3) is 0.368. The number of imide groups is 1. The van der Waals surface area contributed by atoms with Crippen LogP contribution in [0.5, 0.6) is 0 Å². The summed E-state index contributed by atoms with van der Waals surface area (Å²) >= 11 is 0. The van der Waals surface area contributed by atoms with Gasteiger partial charge in [-0.15, -0.1) is 0 Å². The zero-order valence-corrected chi connectivity index (χ0v) is 15.4. The first-order valence-electron chi connectivity index (χ1n) is 8.78. The van der Waals surface area contributed by atoms with Gasteiger partial charge in [0.15, 0.2) is 5.82 Å². The van der Waals surface area contributed by atoms with Crippen molar-refractivity contribution in [1.29, 1.82) is 0 Å². The molecule has 0 spiro atoms. The number of amides is 3. The lowest BCUT2D eigenvalue weighted by molar-refractivity contribution is 0.0224. The van der Waals surface area contributed by atoms with Crippen LogP contribution in [0.25, 0.3) is 0 Å². The zero-order valence-electron chi connectivity index (χ0n) is 15.4. The van der Waals surface area contributed by atoms with Gasteiger partial charge in [0.05, 0.1) is 17.7 Å². The first kappa shape index (κ1) is 17.3. The van der Waals surface area contributed by atoms with Crippen molar-refractivity contribution in [3.63, 3.8) is 0 Å². The van der Waals surface area contributed by atoms with Gasteiger partial charge in [-0.05, 0) is 32.9 Å². The van der Waals surface area contributed by atoms with Crippen LogP contribution in [-0.4, -0.2) is 45.2 Å². The minimum absolute atomic E-state index is 0.226. The number of aromatic nitrogens is 2. The van der Waals surface area contributed by atoms with Crippen LogP contribution in [0.2, 0.25) is 0 Å². The van der Waals surface area contributed by atoms with E-state index in [0.29, 0.717) is 29.7 Å². The van der Waals surface area contributed by atoms with Crippen LogP contribution in [0.3, 0.4) is 0 Å². The molecule has 8 nitrogen and oxygen atoms in total. The number of benzene rings is 1. The summed E-state index contributed by atoms with van der Waals surface area (Å²) in [5, 5.41) is 7.12. The molecule has 2 aliphatic heterocycles. The fourth-order valence-electron chi connectivity index (χ4n) is 3.33. The molecule has 8 heteroatoms. The summed E-state index contributed by atoms with van der Waals surface area (Å²) < 4.78 is 5.44. The third-order valence-electron chi connectivity index (χ3n) is 4.57. The quantitative estimate of drug-likeness (QED) is 0.780. The Kier molecular flexibility index (Phi) is 3.80. The minimum Gasteiger partial charge on any atom is -0.444 e. The highest BCUT2D eigenvalue weighted by Gasteiger charge is 2.40. The van der Waals surface area contributed by atoms with E-state index in [9.17, 15) is 14.4 Å². The average Bonchev–Trinajstić information content (AvgIpc) is 3.13. The molecular weight excluding hydrogens is 348 g/mol. The van der Waals surface area contributed by atoms with Gasteiger partial charge >= 0.3 is 6.09 Å². The van der Waals surface area contributed by atoms with Crippen LogP contribution in [-0.2, 0) is 17.7 Å². The number of rotatable bonds is 1. The molecule has 0 radical (unpaired) electrons. The van der Waals surface area contributed by atoms with Crippen molar-refractivity contribution in [2.24, 2.45) is 0 Å². The summed E-state index contributed by atoms with van der Waals surface area (Å²) in [5.41, 5.74) is 1.61. The second-order valence-corrected chi connectivity index (χ2v) is 7.65. The van der Waals surface area contributed by atoms with E-state index in [0.717, 1.165) is 10.6 Å². The number of carbonyl (C=O) groups excluding carboxylic acids is 3. The van der Waals surface area contributed by atoms with E-state index in [1.807, 2.05) is 20.8 Å². The first-order chi connectivity index (χ1) is 12.8. The highest BCUT2D eigenvalue weighted by atomic mass is 16.6. The molecule has 140 valence electrons. The zero-order chi connectivity index (χ0) is 19.3. The number of carbonyl (C=O) groups is 3. The van der Waals surface area contributed by atoms with E-state index in [4.69, 9.17) is 4.74 Å². The van der Waals surface area contributed by atoms with Crippen molar-refractivity contribution in [3.05, 3.63) is 46.6 Å². The Morgan fingerprint density at radius 3 is 2.37 bits per heavy atom. The number of hydrogen-bond acceptors (Lipinski definition) is 5. The van der Waals surface area contributed by atoms with E-state index in [1.165, 1.54) is 0 Å². The number of nitrogens with zero attached hydrogens (tertiary/aromatic N) is 3. The van der Waals surface area contributed by atoms with Crippen molar-refractivity contribution in [2.45, 2.75) is 39.3 Å². The molecule has 1 N–H and O–H groups in total. The van der Waals surface area contributed by atoms with Gasteiger partial charge < -0.3 is 9.64 Å². The Balaban J connectivity index is 1.64. The van der Waals surface area contributed by atoms with E-state index in [-0.39, 0.29) is 12.4 Å². The van der Waals surface area contributed by atoms with Gasteiger partial charge in [0.2, 0.25) is 0 Å². The Labute approximate surface area is 156 Å². The van der Waals surface area contributed by atoms with E-state index in [1.54, 1.807) is 29.2 Å². The standard InChI is InChI=1S/C19H20N4O4/c1-19(2,3)27-18(26)22-9-8-14-13(10-22)15(21-20-14)23-16(24)11-6-4-5-7-12(11)17(23)25/h4-7H,8-10H2,1-3H3,(H,20,21). The highest BCUT2D eigenvalue weighted by molar-refractivity contribution is 6.34. The molecule has 0 saturated carbocycles. The third-order valence-corrected chi connectivity index (χ3v) is 4.57. The second-order valence-electron chi connectivity index (χ2n) is 7.65. The Hall–Kier alpha value is -3.16. The Morgan fingerprint density at radius 2 is 1.78 bits per heavy atom.